The third-order valence-corrected chi connectivity index (χ3v) is 16.5. The van der Waals surface area contributed by atoms with E-state index >= 15 is 0 Å². The number of aliphatic hydroxyl groups excluding tert-OH is 4. The van der Waals surface area contributed by atoms with Crippen molar-refractivity contribution in [1.29, 1.82) is 0 Å². The molecule has 0 amide bonds. The number of benzene rings is 8. The van der Waals surface area contributed by atoms with Crippen molar-refractivity contribution in [2.75, 3.05) is 0 Å². The molecule has 558 valence electrons. The molecule has 0 spiro atoms. The van der Waals surface area contributed by atoms with Gasteiger partial charge in [-0.1, -0.05) is 172 Å². The standard InChI is InChI=1S/C24H18N.C17H14N.C16H12N.C13H8NS.4C5H8O2.4Ir/c1-24(2)20-9-5-4-8-18(20)19-13-11-17(15-21(19)24)23-14-12-16-7-3-6-10-22(16)25-23;1-12-7-8-15(11-13(12)2)17-16-6-4-3-5-14(16)9-10-18-17;1-12-10-13-6-2-3-7-14(13)11-15(12)16-8-4-5-9-17-16;1-2-4-10(5-3-1)13-11-7-9-15-12(11)6-8-14-13;4*1-4(6)3-5(2)7;;;;/h3-10,12-15H,1-2H3;3-7,9-11H,1-2H3;2-10H,1H3;1-4,6-9H;4*3,6H,1-2H3;;;;/q4*-1;;;;;;;;. The summed E-state index contributed by atoms with van der Waals surface area (Å²) < 4.78 is 1.28. The van der Waals surface area contributed by atoms with Crippen molar-refractivity contribution in [3.8, 4) is 56.2 Å². The molecule has 1 aliphatic carbocycles. The minimum atomic E-state index is -0.125. The molecule has 0 bridgehead atoms. The zero-order valence-corrected chi connectivity index (χ0v) is 72.0. The average Bonchev–Trinajstić information content (AvgIpc) is 1.58. The Morgan fingerprint density at radius 2 is 0.963 bits per heavy atom. The Labute approximate surface area is 686 Å². The molecule has 5 heterocycles. The number of carbonyl (C=O) groups is 4. The summed E-state index contributed by atoms with van der Waals surface area (Å²) in [6.07, 6.45) is 10.2. The normalized spacial score (nSPS) is 11.3. The van der Waals surface area contributed by atoms with Crippen LogP contribution in [0.15, 0.2) is 272 Å². The van der Waals surface area contributed by atoms with E-state index in [0.717, 1.165) is 55.9 Å². The van der Waals surface area contributed by atoms with Crippen LogP contribution in [0.4, 0.5) is 0 Å². The number of fused-ring (bicyclic) bond motifs is 7. The Balaban J connectivity index is 0.000000331. The summed E-state index contributed by atoms with van der Waals surface area (Å²) in [5.74, 6) is -0.250. The predicted molar refractivity (Wildman–Crippen MR) is 422 cm³/mol. The number of aryl methyl sites for hydroxylation is 3. The topological polar surface area (TPSA) is 201 Å². The minimum absolute atomic E-state index is 0. The van der Waals surface area contributed by atoms with Crippen molar-refractivity contribution in [3.63, 3.8) is 0 Å². The summed E-state index contributed by atoms with van der Waals surface area (Å²) in [4.78, 5) is 58.2. The first-order chi connectivity index (χ1) is 49.2. The fourth-order valence-corrected chi connectivity index (χ4v) is 11.8. The first kappa shape index (κ1) is 91.7. The number of pyridine rings is 4. The fourth-order valence-electron chi connectivity index (χ4n) is 11.0. The Morgan fingerprint density at radius 1 is 0.421 bits per heavy atom. The molecule has 8 aromatic carbocycles. The third-order valence-electron chi connectivity index (χ3n) is 15.6. The maximum absolute atomic E-state index is 10.0. The molecule has 0 saturated carbocycles. The van der Waals surface area contributed by atoms with Crippen LogP contribution >= 0.6 is 11.3 Å². The molecule has 0 atom stereocenters. The summed E-state index contributed by atoms with van der Waals surface area (Å²) >= 11 is 1.74. The molecule has 0 aliphatic heterocycles. The van der Waals surface area contributed by atoms with Gasteiger partial charge in [-0.05, 0) is 135 Å². The number of hydrogen-bond donors (Lipinski definition) is 4. The third kappa shape index (κ3) is 28.0. The average molecular weight is 2150 g/mol. The van der Waals surface area contributed by atoms with Gasteiger partial charge in [0.15, 0.2) is 23.1 Å². The summed E-state index contributed by atoms with van der Waals surface area (Å²) in [5.41, 5.74) is 18.4. The van der Waals surface area contributed by atoms with Crippen LogP contribution < -0.4 is 0 Å². The van der Waals surface area contributed by atoms with Crippen molar-refractivity contribution >= 4 is 77.0 Å². The number of thiophene rings is 1. The van der Waals surface area contributed by atoms with Gasteiger partial charge in [0.2, 0.25) is 0 Å². The van der Waals surface area contributed by atoms with E-state index in [2.05, 4.69) is 201 Å². The number of nitrogens with zero attached hydrogens (tertiary/aromatic N) is 4. The number of ketones is 4. The molecular weight excluding hydrogens is 2070 g/mol. The van der Waals surface area contributed by atoms with Gasteiger partial charge in [-0.3, -0.25) is 29.1 Å². The van der Waals surface area contributed by atoms with Crippen molar-refractivity contribution in [2.45, 2.75) is 95.4 Å². The summed E-state index contributed by atoms with van der Waals surface area (Å²) in [7, 11) is 0. The number of hydrogen-bond acceptors (Lipinski definition) is 13. The van der Waals surface area contributed by atoms with Crippen LogP contribution in [0.1, 0.15) is 97.1 Å². The van der Waals surface area contributed by atoms with Crippen LogP contribution in [-0.4, -0.2) is 63.5 Å². The SMILES string of the molecule is CC(=O)C=C(C)O.CC(=O)C=C(C)O.CC(=O)C=C(C)O.CC(=O)C=C(C)O.CC1(C)c2ccccc2-c2c[c-]c(-c3ccc4ccccc4n3)cc21.Cc1c[c-]c(-c2nccc3ccccc23)cc1C.Cc1cc2ccccc2[c-]c1-c1ccccn1.[Ir].[Ir].[Ir].[Ir].[c-]1ccccc1-c1nccc2sccc12. The number of aromatic nitrogens is 4. The van der Waals surface area contributed by atoms with Crippen LogP contribution in [0.25, 0.3) is 98.7 Å². The van der Waals surface area contributed by atoms with Crippen LogP contribution in [0, 0.1) is 45.0 Å². The Bertz CT molecular complexity index is 5120. The van der Waals surface area contributed by atoms with E-state index in [9.17, 15) is 19.2 Å². The van der Waals surface area contributed by atoms with Crippen LogP contribution in [0.2, 0.25) is 0 Å². The number of para-hydroxylation sites is 1. The molecule has 12 nitrogen and oxygen atoms in total. The van der Waals surface area contributed by atoms with E-state index in [-0.39, 0.29) is 132 Å². The molecule has 0 unspecified atom stereocenters. The van der Waals surface area contributed by atoms with Crippen LogP contribution in [0.3, 0.4) is 0 Å². The molecule has 4 N–H and O–H groups in total. The van der Waals surface area contributed by atoms with Gasteiger partial charge in [0.1, 0.15) is 0 Å². The Hall–Kier alpha value is -9.46. The molecule has 0 saturated heterocycles. The minimum Gasteiger partial charge on any atom is -0.512 e. The van der Waals surface area contributed by atoms with Crippen molar-refractivity contribution in [2.24, 2.45) is 0 Å². The maximum Gasteiger partial charge on any atom is 0.155 e. The molecule has 0 fully saturated rings. The second-order valence-corrected chi connectivity index (χ2v) is 25.8. The second-order valence-electron chi connectivity index (χ2n) is 24.8. The van der Waals surface area contributed by atoms with E-state index in [0.29, 0.717) is 0 Å². The number of carbonyl (C=O) groups excluding carboxylic acids is 4. The maximum atomic E-state index is 10.0. The quantitative estimate of drug-likeness (QED) is 0.0638. The van der Waals surface area contributed by atoms with Gasteiger partial charge >= 0.3 is 0 Å². The van der Waals surface area contributed by atoms with E-state index in [1.165, 1.54) is 150 Å². The molecule has 17 heteroatoms. The van der Waals surface area contributed by atoms with Gasteiger partial charge in [0, 0.05) is 134 Å². The van der Waals surface area contributed by atoms with Crippen molar-refractivity contribution in [1.82, 2.24) is 19.9 Å². The fraction of sp³-hybridized carbons (Fsp3) is 0.156. The molecular formula is C90H84Ir4N4O8S-4. The van der Waals surface area contributed by atoms with Gasteiger partial charge in [0.25, 0.3) is 0 Å². The summed E-state index contributed by atoms with van der Waals surface area (Å²) in [6, 6.07) is 82.1. The first-order valence-electron chi connectivity index (χ1n) is 33.2. The van der Waals surface area contributed by atoms with E-state index in [4.69, 9.17) is 25.4 Å². The van der Waals surface area contributed by atoms with Gasteiger partial charge in [-0.2, -0.15) is 0 Å². The molecule has 4 radical (unpaired) electrons. The summed E-state index contributed by atoms with van der Waals surface area (Å²) in [6.45, 7) is 22.3. The van der Waals surface area contributed by atoms with Gasteiger partial charge < -0.3 is 30.4 Å². The van der Waals surface area contributed by atoms with Crippen molar-refractivity contribution in [3.05, 3.63) is 324 Å². The van der Waals surface area contributed by atoms with E-state index in [1.54, 1.807) is 11.3 Å². The second kappa shape index (κ2) is 45.3. The summed E-state index contributed by atoms with van der Waals surface area (Å²) in [5, 5.41) is 42.7. The predicted octanol–water partition coefficient (Wildman–Crippen LogP) is 22.2. The number of rotatable bonds is 8. The number of allylic oxidation sites excluding steroid dienone is 8. The zero-order chi connectivity index (χ0) is 74.8. The Morgan fingerprint density at radius 3 is 1.54 bits per heavy atom. The van der Waals surface area contributed by atoms with Crippen LogP contribution in [-0.2, 0) is 105 Å². The van der Waals surface area contributed by atoms with Gasteiger partial charge in [-0.25, -0.2) is 0 Å². The van der Waals surface area contributed by atoms with Crippen molar-refractivity contribution < 1.29 is 120 Å². The van der Waals surface area contributed by atoms with Gasteiger partial charge in [0.05, 0.1) is 28.6 Å². The first-order valence-corrected chi connectivity index (χ1v) is 34.1. The van der Waals surface area contributed by atoms with E-state index < -0.39 is 0 Å². The monoisotopic (exact) mass is 2150 g/mol. The van der Waals surface area contributed by atoms with Crippen LogP contribution in [0.5, 0.6) is 0 Å². The smallest absolute Gasteiger partial charge is 0.155 e. The molecule has 14 rings (SSSR count). The Kier molecular flexibility index (Phi) is 38.8. The zero-order valence-electron chi connectivity index (χ0n) is 61.6. The molecule has 5 aromatic heterocycles. The molecule has 13 aromatic rings. The van der Waals surface area contributed by atoms with E-state index in [1.807, 2.05) is 97.5 Å². The largest absolute Gasteiger partial charge is 0.512 e. The number of aliphatic hydroxyl groups is 4. The molecule has 1 aliphatic rings. The molecule has 107 heavy (non-hydrogen) atoms. The van der Waals surface area contributed by atoms with Gasteiger partial charge in [-0.15, -0.1) is 141 Å².